The van der Waals surface area contributed by atoms with Crippen LogP contribution in [0.2, 0.25) is 0 Å². The molecule has 0 spiro atoms. The van der Waals surface area contributed by atoms with E-state index in [0.717, 1.165) is 30.3 Å². The number of allylic oxidation sites excluding steroid dienone is 1. The van der Waals surface area contributed by atoms with Gasteiger partial charge in [0.15, 0.2) is 5.82 Å². The second-order valence-electron chi connectivity index (χ2n) is 7.39. The molecule has 0 radical (unpaired) electrons. The third-order valence-corrected chi connectivity index (χ3v) is 5.25. The maximum Gasteiger partial charge on any atom is 0.154 e. The standard InChI is InChI=1S/C19H28N6/c1-15(11-16-7-3-2-4-8-16)21-17-12-20-24(13-17)14-19-23-22-18-9-5-6-10-25(18)19/h11-13,15,21H,2-10,14H2,1H3. The Balaban J connectivity index is 1.38. The number of nitrogens with zero attached hydrogens (tertiary/aromatic N) is 5. The molecular weight excluding hydrogens is 312 g/mol. The summed E-state index contributed by atoms with van der Waals surface area (Å²) >= 11 is 0. The molecule has 0 aromatic carbocycles. The van der Waals surface area contributed by atoms with E-state index in [2.05, 4.69) is 44.4 Å². The molecule has 1 aliphatic heterocycles. The Morgan fingerprint density at radius 2 is 1.96 bits per heavy atom. The molecule has 6 nitrogen and oxygen atoms in total. The largest absolute Gasteiger partial charge is 0.377 e. The monoisotopic (exact) mass is 340 g/mol. The Hall–Kier alpha value is -2.11. The van der Waals surface area contributed by atoms with Crippen LogP contribution < -0.4 is 5.32 Å². The van der Waals surface area contributed by atoms with Crippen molar-refractivity contribution in [1.82, 2.24) is 24.5 Å². The maximum absolute atomic E-state index is 4.49. The lowest BCUT2D eigenvalue weighted by atomic mass is 9.93. The molecule has 2 aliphatic rings. The first-order valence-corrected chi connectivity index (χ1v) is 9.67. The van der Waals surface area contributed by atoms with Gasteiger partial charge >= 0.3 is 0 Å². The van der Waals surface area contributed by atoms with E-state index in [1.165, 1.54) is 44.9 Å². The zero-order valence-corrected chi connectivity index (χ0v) is 15.1. The van der Waals surface area contributed by atoms with Crippen LogP contribution in [-0.2, 0) is 19.5 Å². The number of hydrogen-bond donors (Lipinski definition) is 1. The number of anilines is 1. The first-order chi connectivity index (χ1) is 12.3. The zero-order valence-electron chi connectivity index (χ0n) is 15.1. The van der Waals surface area contributed by atoms with Crippen molar-refractivity contribution in [3.63, 3.8) is 0 Å². The van der Waals surface area contributed by atoms with Gasteiger partial charge in [-0.1, -0.05) is 18.1 Å². The van der Waals surface area contributed by atoms with E-state index in [-0.39, 0.29) is 0 Å². The number of fused-ring (bicyclic) bond motifs is 1. The summed E-state index contributed by atoms with van der Waals surface area (Å²) in [5, 5.41) is 16.7. The topological polar surface area (TPSA) is 60.6 Å². The van der Waals surface area contributed by atoms with Crippen molar-refractivity contribution >= 4 is 5.69 Å². The predicted octanol–water partition coefficient (Wildman–Crippen LogP) is 3.55. The van der Waals surface area contributed by atoms with Crippen LogP contribution in [0.4, 0.5) is 5.69 Å². The number of aryl methyl sites for hydroxylation is 1. The van der Waals surface area contributed by atoms with Crippen molar-refractivity contribution < 1.29 is 0 Å². The van der Waals surface area contributed by atoms with Gasteiger partial charge in [0.05, 0.1) is 11.9 Å². The number of rotatable bonds is 5. The molecule has 0 amide bonds. The lowest BCUT2D eigenvalue weighted by Crippen LogP contribution is -2.15. The lowest BCUT2D eigenvalue weighted by molar-refractivity contribution is 0.496. The van der Waals surface area contributed by atoms with Crippen LogP contribution in [0, 0.1) is 0 Å². The smallest absolute Gasteiger partial charge is 0.154 e. The molecule has 134 valence electrons. The molecule has 6 heteroatoms. The Morgan fingerprint density at radius 1 is 1.12 bits per heavy atom. The van der Waals surface area contributed by atoms with E-state index in [0.29, 0.717) is 12.6 Å². The summed E-state index contributed by atoms with van der Waals surface area (Å²) < 4.78 is 4.21. The lowest BCUT2D eigenvalue weighted by Gasteiger charge is -2.17. The van der Waals surface area contributed by atoms with Gasteiger partial charge in [-0.3, -0.25) is 4.68 Å². The minimum atomic E-state index is 0.339. The molecule has 0 saturated heterocycles. The Bertz CT molecular complexity index is 733. The number of nitrogens with one attached hydrogen (secondary N) is 1. The van der Waals surface area contributed by atoms with E-state index < -0.39 is 0 Å². The molecule has 2 aromatic heterocycles. The molecule has 1 unspecified atom stereocenters. The summed E-state index contributed by atoms with van der Waals surface area (Å²) in [6.45, 7) is 3.94. The highest BCUT2D eigenvalue weighted by Crippen LogP contribution is 2.23. The first-order valence-electron chi connectivity index (χ1n) is 9.67. The van der Waals surface area contributed by atoms with Gasteiger partial charge in [0, 0.05) is 25.2 Å². The second kappa shape index (κ2) is 7.42. The van der Waals surface area contributed by atoms with Crippen LogP contribution in [0.15, 0.2) is 24.0 Å². The van der Waals surface area contributed by atoms with Crippen molar-refractivity contribution in [2.24, 2.45) is 0 Å². The van der Waals surface area contributed by atoms with Crippen molar-refractivity contribution in [2.75, 3.05) is 5.32 Å². The zero-order chi connectivity index (χ0) is 17.1. The van der Waals surface area contributed by atoms with Crippen LogP contribution in [0.25, 0.3) is 0 Å². The van der Waals surface area contributed by atoms with E-state index in [9.17, 15) is 0 Å². The molecule has 1 aliphatic carbocycles. The quantitative estimate of drug-likeness (QED) is 0.846. The molecule has 3 heterocycles. The summed E-state index contributed by atoms with van der Waals surface area (Å²) in [6.07, 6.45) is 16.5. The van der Waals surface area contributed by atoms with E-state index in [1.807, 2.05) is 10.9 Å². The summed E-state index contributed by atoms with van der Waals surface area (Å²) in [5.74, 6) is 2.14. The Morgan fingerprint density at radius 3 is 2.84 bits per heavy atom. The van der Waals surface area contributed by atoms with Crippen LogP contribution in [0.3, 0.4) is 0 Å². The molecule has 1 atom stereocenters. The fraction of sp³-hybridized carbons (Fsp3) is 0.632. The normalized spacial score (nSPS) is 18.7. The van der Waals surface area contributed by atoms with E-state index in [4.69, 9.17) is 0 Å². The van der Waals surface area contributed by atoms with E-state index >= 15 is 0 Å². The van der Waals surface area contributed by atoms with Gasteiger partial charge in [0.25, 0.3) is 0 Å². The van der Waals surface area contributed by atoms with Gasteiger partial charge in [-0.15, -0.1) is 10.2 Å². The van der Waals surface area contributed by atoms with Crippen molar-refractivity contribution in [3.8, 4) is 0 Å². The highest BCUT2D eigenvalue weighted by Gasteiger charge is 2.16. The number of aromatic nitrogens is 5. The molecule has 25 heavy (non-hydrogen) atoms. The highest BCUT2D eigenvalue weighted by atomic mass is 15.3. The average Bonchev–Trinajstić information content (AvgIpc) is 3.23. The molecule has 2 aromatic rings. The average molecular weight is 340 g/mol. The second-order valence-corrected chi connectivity index (χ2v) is 7.39. The molecule has 1 saturated carbocycles. The van der Waals surface area contributed by atoms with Gasteiger partial charge in [-0.05, 0) is 45.4 Å². The third-order valence-electron chi connectivity index (χ3n) is 5.25. The first kappa shape index (κ1) is 16.4. The fourth-order valence-electron chi connectivity index (χ4n) is 3.99. The minimum Gasteiger partial charge on any atom is -0.377 e. The van der Waals surface area contributed by atoms with Crippen molar-refractivity contribution in [2.45, 2.75) is 77.4 Å². The summed E-state index contributed by atoms with van der Waals surface area (Å²) in [4.78, 5) is 0. The van der Waals surface area contributed by atoms with Gasteiger partial charge in [0.2, 0.25) is 0 Å². The molecular formula is C19H28N6. The SMILES string of the molecule is CC(C=C1CCCCC1)Nc1cnn(Cc2nnc3n2CCCC3)c1. The maximum atomic E-state index is 4.49. The summed E-state index contributed by atoms with van der Waals surface area (Å²) in [5.41, 5.74) is 2.67. The molecule has 4 rings (SSSR count). The van der Waals surface area contributed by atoms with Crippen molar-refractivity contribution in [1.29, 1.82) is 0 Å². The molecule has 0 bridgehead atoms. The number of hydrogen-bond acceptors (Lipinski definition) is 4. The van der Waals surface area contributed by atoms with Crippen molar-refractivity contribution in [3.05, 3.63) is 35.7 Å². The van der Waals surface area contributed by atoms with Gasteiger partial charge < -0.3 is 9.88 Å². The van der Waals surface area contributed by atoms with Gasteiger partial charge in [-0.2, -0.15) is 5.10 Å². The highest BCUT2D eigenvalue weighted by molar-refractivity contribution is 5.40. The molecule has 1 N–H and O–H groups in total. The van der Waals surface area contributed by atoms with Gasteiger partial charge in [0.1, 0.15) is 12.4 Å². The van der Waals surface area contributed by atoms with Crippen LogP contribution in [0.5, 0.6) is 0 Å². The van der Waals surface area contributed by atoms with Crippen LogP contribution in [0.1, 0.15) is 63.5 Å². The van der Waals surface area contributed by atoms with E-state index in [1.54, 1.807) is 5.57 Å². The van der Waals surface area contributed by atoms with Gasteiger partial charge in [-0.25, -0.2) is 0 Å². The molecule has 1 fully saturated rings. The van der Waals surface area contributed by atoms with Crippen LogP contribution in [-0.4, -0.2) is 30.6 Å². The fourth-order valence-corrected chi connectivity index (χ4v) is 3.99. The Kier molecular flexibility index (Phi) is 4.85. The third kappa shape index (κ3) is 3.94. The van der Waals surface area contributed by atoms with Crippen LogP contribution >= 0.6 is 0 Å². The Labute approximate surface area is 149 Å². The summed E-state index contributed by atoms with van der Waals surface area (Å²) in [6, 6.07) is 0.339. The minimum absolute atomic E-state index is 0.339. The summed E-state index contributed by atoms with van der Waals surface area (Å²) in [7, 11) is 0. The predicted molar refractivity (Wildman–Crippen MR) is 98.5 cm³/mol.